The molecular formula is C13H13FN4OS. The predicted molar refractivity (Wildman–Crippen MR) is 76.9 cm³/mol. The second-order valence-electron chi connectivity index (χ2n) is 4.12. The standard InChI is InChI=1S/C13H13FN4OS/c1-8-5-16-13(17-6-8)20-7-12(19)18-9-2-3-10(14)11(15)4-9/h2-6H,7,15H2,1H3,(H,18,19). The van der Waals surface area contributed by atoms with Crippen LogP contribution in [0.2, 0.25) is 0 Å². The van der Waals surface area contributed by atoms with Crippen LogP contribution < -0.4 is 11.1 Å². The molecule has 0 saturated heterocycles. The van der Waals surface area contributed by atoms with Gasteiger partial charge in [-0.15, -0.1) is 0 Å². The molecule has 0 aliphatic heterocycles. The van der Waals surface area contributed by atoms with Gasteiger partial charge in [-0.2, -0.15) is 0 Å². The molecule has 0 atom stereocenters. The Kier molecular flexibility index (Phi) is 4.52. The van der Waals surface area contributed by atoms with E-state index in [0.29, 0.717) is 10.8 Å². The second-order valence-corrected chi connectivity index (χ2v) is 5.06. The molecule has 0 unspecified atom stereocenters. The van der Waals surface area contributed by atoms with Crippen LogP contribution in [0.1, 0.15) is 5.56 Å². The normalized spacial score (nSPS) is 10.3. The summed E-state index contributed by atoms with van der Waals surface area (Å²) in [6.07, 6.45) is 3.38. The highest BCUT2D eigenvalue weighted by molar-refractivity contribution is 7.99. The number of aromatic nitrogens is 2. The molecule has 5 nitrogen and oxygen atoms in total. The predicted octanol–water partition coefficient (Wildman–Crippen LogP) is 2.24. The third-order valence-corrected chi connectivity index (χ3v) is 3.24. The minimum atomic E-state index is -0.509. The summed E-state index contributed by atoms with van der Waals surface area (Å²) in [4.78, 5) is 19.9. The van der Waals surface area contributed by atoms with E-state index >= 15 is 0 Å². The van der Waals surface area contributed by atoms with E-state index in [1.54, 1.807) is 12.4 Å². The largest absolute Gasteiger partial charge is 0.396 e. The number of thioether (sulfide) groups is 1. The number of anilines is 2. The Morgan fingerprint density at radius 1 is 1.40 bits per heavy atom. The number of nitrogens with two attached hydrogens (primary N) is 1. The van der Waals surface area contributed by atoms with Gasteiger partial charge in [0.15, 0.2) is 5.16 Å². The summed E-state index contributed by atoms with van der Waals surface area (Å²) in [5.74, 6) is -0.573. The van der Waals surface area contributed by atoms with E-state index in [4.69, 9.17) is 5.73 Å². The van der Waals surface area contributed by atoms with Crippen LogP contribution in [-0.4, -0.2) is 21.6 Å². The van der Waals surface area contributed by atoms with E-state index in [2.05, 4.69) is 15.3 Å². The lowest BCUT2D eigenvalue weighted by Crippen LogP contribution is -2.14. The fourth-order valence-electron chi connectivity index (χ4n) is 1.40. The number of hydrogen-bond acceptors (Lipinski definition) is 5. The number of aryl methyl sites for hydroxylation is 1. The van der Waals surface area contributed by atoms with Gasteiger partial charge in [0.05, 0.1) is 11.4 Å². The van der Waals surface area contributed by atoms with Crippen molar-refractivity contribution in [3.05, 3.63) is 42.0 Å². The minimum absolute atomic E-state index is 0.00248. The van der Waals surface area contributed by atoms with Crippen molar-refractivity contribution in [1.29, 1.82) is 0 Å². The van der Waals surface area contributed by atoms with Crippen molar-refractivity contribution in [2.75, 3.05) is 16.8 Å². The van der Waals surface area contributed by atoms with E-state index in [1.807, 2.05) is 6.92 Å². The van der Waals surface area contributed by atoms with Crippen LogP contribution in [0, 0.1) is 12.7 Å². The molecule has 0 spiro atoms. The molecule has 0 fully saturated rings. The van der Waals surface area contributed by atoms with Crippen molar-refractivity contribution in [2.45, 2.75) is 12.1 Å². The summed E-state index contributed by atoms with van der Waals surface area (Å²) in [5.41, 5.74) is 6.84. The Labute approximate surface area is 119 Å². The van der Waals surface area contributed by atoms with E-state index in [9.17, 15) is 9.18 Å². The van der Waals surface area contributed by atoms with Crippen molar-refractivity contribution in [3.63, 3.8) is 0 Å². The number of carbonyl (C=O) groups excluding carboxylic acids is 1. The highest BCUT2D eigenvalue weighted by atomic mass is 32.2. The molecule has 2 rings (SSSR count). The maximum absolute atomic E-state index is 13.0. The third-order valence-electron chi connectivity index (χ3n) is 2.37. The molecule has 1 aromatic heterocycles. The van der Waals surface area contributed by atoms with Crippen LogP contribution in [0.5, 0.6) is 0 Å². The number of nitrogen functional groups attached to an aromatic ring is 1. The Balaban J connectivity index is 1.89. The van der Waals surface area contributed by atoms with E-state index < -0.39 is 5.82 Å². The summed E-state index contributed by atoms with van der Waals surface area (Å²) in [6.45, 7) is 1.89. The first-order chi connectivity index (χ1) is 9.54. The van der Waals surface area contributed by atoms with Gasteiger partial charge in [-0.05, 0) is 30.7 Å². The highest BCUT2D eigenvalue weighted by Crippen LogP contribution is 2.17. The van der Waals surface area contributed by atoms with Gasteiger partial charge in [-0.25, -0.2) is 14.4 Å². The fourth-order valence-corrected chi connectivity index (χ4v) is 1.99. The van der Waals surface area contributed by atoms with Gasteiger partial charge < -0.3 is 11.1 Å². The first kappa shape index (κ1) is 14.3. The van der Waals surface area contributed by atoms with Crippen molar-refractivity contribution in [3.8, 4) is 0 Å². The molecule has 1 heterocycles. The number of hydrogen-bond donors (Lipinski definition) is 2. The molecule has 0 bridgehead atoms. The van der Waals surface area contributed by atoms with E-state index in [1.165, 1.54) is 30.0 Å². The zero-order valence-electron chi connectivity index (χ0n) is 10.8. The van der Waals surface area contributed by atoms with Gasteiger partial charge in [0.1, 0.15) is 5.82 Å². The first-order valence-electron chi connectivity index (χ1n) is 5.81. The number of rotatable bonds is 4. The number of nitrogens with one attached hydrogen (secondary N) is 1. The maximum atomic E-state index is 13.0. The molecule has 20 heavy (non-hydrogen) atoms. The van der Waals surface area contributed by atoms with E-state index in [0.717, 1.165) is 5.56 Å². The van der Waals surface area contributed by atoms with Gasteiger partial charge >= 0.3 is 0 Å². The smallest absolute Gasteiger partial charge is 0.234 e. The Morgan fingerprint density at radius 2 is 2.10 bits per heavy atom. The molecule has 1 aromatic carbocycles. The average Bonchev–Trinajstić information content (AvgIpc) is 2.42. The third kappa shape index (κ3) is 3.92. The van der Waals surface area contributed by atoms with Crippen LogP contribution in [0.4, 0.5) is 15.8 Å². The molecule has 3 N–H and O–H groups in total. The van der Waals surface area contributed by atoms with Crippen LogP contribution in [0.3, 0.4) is 0 Å². The second kappa shape index (κ2) is 6.33. The summed E-state index contributed by atoms with van der Waals surface area (Å²) in [7, 11) is 0. The SMILES string of the molecule is Cc1cnc(SCC(=O)Nc2ccc(F)c(N)c2)nc1. The topological polar surface area (TPSA) is 80.9 Å². The van der Waals surface area contributed by atoms with Gasteiger partial charge in [-0.3, -0.25) is 4.79 Å². The molecule has 2 aromatic rings. The lowest BCUT2D eigenvalue weighted by molar-refractivity contribution is -0.113. The van der Waals surface area contributed by atoms with Crippen molar-refractivity contribution in [2.24, 2.45) is 0 Å². The van der Waals surface area contributed by atoms with Gasteiger partial charge in [0.2, 0.25) is 5.91 Å². The number of benzene rings is 1. The highest BCUT2D eigenvalue weighted by Gasteiger charge is 2.06. The van der Waals surface area contributed by atoms with Crippen molar-refractivity contribution in [1.82, 2.24) is 9.97 Å². The van der Waals surface area contributed by atoms with Gasteiger partial charge in [0, 0.05) is 18.1 Å². The molecule has 104 valence electrons. The minimum Gasteiger partial charge on any atom is -0.396 e. The Hall–Kier alpha value is -2.15. The quantitative estimate of drug-likeness (QED) is 0.513. The number of halogens is 1. The zero-order chi connectivity index (χ0) is 14.5. The van der Waals surface area contributed by atoms with E-state index in [-0.39, 0.29) is 17.3 Å². The molecule has 0 radical (unpaired) electrons. The lowest BCUT2D eigenvalue weighted by Gasteiger charge is -2.06. The molecule has 1 amide bonds. The maximum Gasteiger partial charge on any atom is 0.234 e. The lowest BCUT2D eigenvalue weighted by atomic mass is 10.2. The van der Waals surface area contributed by atoms with Crippen LogP contribution in [0.25, 0.3) is 0 Å². The summed E-state index contributed by atoms with van der Waals surface area (Å²) >= 11 is 1.22. The van der Waals surface area contributed by atoms with Crippen molar-refractivity contribution >= 4 is 29.0 Å². The monoisotopic (exact) mass is 292 g/mol. The van der Waals surface area contributed by atoms with Crippen LogP contribution >= 0.6 is 11.8 Å². The van der Waals surface area contributed by atoms with Crippen molar-refractivity contribution < 1.29 is 9.18 Å². The number of amides is 1. The molecule has 7 heteroatoms. The zero-order valence-corrected chi connectivity index (χ0v) is 11.6. The van der Waals surface area contributed by atoms with Gasteiger partial charge in [0.25, 0.3) is 0 Å². The summed E-state index contributed by atoms with van der Waals surface area (Å²) in [6, 6.07) is 4.04. The molecule has 0 aliphatic rings. The van der Waals surface area contributed by atoms with Gasteiger partial charge in [-0.1, -0.05) is 11.8 Å². The number of nitrogens with zero attached hydrogens (tertiary/aromatic N) is 2. The molecular weight excluding hydrogens is 279 g/mol. The Bertz CT molecular complexity index is 618. The summed E-state index contributed by atoms with van der Waals surface area (Å²) in [5, 5.41) is 3.16. The van der Waals surface area contributed by atoms with Crippen LogP contribution in [0.15, 0.2) is 35.7 Å². The Morgan fingerprint density at radius 3 is 2.75 bits per heavy atom. The van der Waals surface area contributed by atoms with Crippen LogP contribution in [-0.2, 0) is 4.79 Å². The fraction of sp³-hybridized carbons (Fsp3) is 0.154. The molecule has 0 aliphatic carbocycles. The summed E-state index contributed by atoms with van der Waals surface area (Å²) < 4.78 is 13.0. The molecule has 0 saturated carbocycles. The average molecular weight is 292 g/mol. The number of carbonyl (C=O) groups is 1. The first-order valence-corrected chi connectivity index (χ1v) is 6.79.